The van der Waals surface area contributed by atoms with Crippen LogP contribution in [-0.2, 0) is 0 Å². The Hall–Kier alpha value is -1.35. The fourth-order valence-corrected chi connectivity index (χ4v) is 1.59. The van der Waals surface area contributed by atoms with Gasteiger partial charge in [0.15, 0.2) is 0 Å². The van der Waals surface area contributed by atoms with Crippen molar-refractivity contribution in [2.24, 2.45) is 0 Å². The van der Waals surface area contributed by atoms with E-state index in [9.17, 15) is 0 Å². The molecule has 0 saturated heterocycles. The molecule has 1 heterocycles. The van der Waals surface area contributed by atoms with Crippen LogP contribution in [0, 0.1) is 11.6 Å². The number of aryl methyl sites for hydroxylation is 1. The lowest BCUT2D eigenvalue weighted by Gasteiger charge is -2.04. The number of fused-ring (bicyclic) bond motifs is 1. The van der Waals surface area contributed by atoms with Crippen LogP contribution in [0.3, 0.4) is 0 Å². The van der Waals surface area contributed by atoms with Gasteiger partial charge in [-0.2, -0.15) is 0 Å². The van der Waals surface area contributed by atoms with Crippen molar-refractivity contribution in [3.8, 4) is 0 Å². The Bertz CT molecular complexity index is 514. The molecule has 0 amide bonds. The minimum atomic E-state index is 0.713. The Balaban J connectivity index is 3.00. The van der Waals surface area contributed by atoms with Crippen molar-refractivity contribution < 1.29 is 0 Å². The van der Waals surface area contributed by atoms with Gasteiger partial charge < -0.3 is 10.7 Å². The number of pyridine rings is 1. The molecule has 66 valence electrons. The molecular weight excluding hydrogens is 180 g/mol. The highest BCUT2D eigenvalue weighted by Crippen LogP contribution is 2.21. The maximum atomic E-state index is 5.82. The first kappa shape index (κ1) is 8.26. The maximum Gasteiger partial charge on any atom is 0.103 e. The van der Waals surface area contributed by atoms with Crippen molar-refractivity contribution in [2.45, 2.75) is 6.92 Å². The van der Waals surface area contributed by atoms with Crippen molar-refractivity contribution >= 4 is 28.8 Å². The molecule has 0 aliphatic heterocycles. The van der Waals surface area contributed by atoms with Crippen LogP contribution in [-0.4, -0.2) is 4.98 Å². The van der Waals surface area contributed by atoms with Crippen molar-refractivity contribution in [2.75, 3.05) is 5.73 Å². The number of H-pyrrole nitrogens is 1. The molecule has 0 unspecified atom stereocenters. The van der Waals surface area contributed by atoms with Gasteiger partial charge in [-0.15, -0.1) is 0 Å². The quantitative estimate of drug-likeness (QED) is 0.495. The summed E-state index contributed by atoms with van der Waals surface area (Å²) in [5.74, 6) is 0. The van der Waals surface area contributed by atoms with Crippen LogP contribution in [0.15, 0.2) is 24.3 Å². The second-order valence-electron chi connectivity index (χ2n) is 3.08. The molecule has 0 radical (unpaired) electrons. The molecule has 0 bridgehead atoms. The lowest BCUT2D eigenvalue weighted by molar-refractivity contribution is 1.36. The summed E-state index contributed by atoms with van der Waals surface area (Å²) in [5.41, 5.74) is 8.70. The van der Waals surface area contributed by atoms with Crippen LogP contribution < -0.4 is 5.73 Å². The Morgan fingerprint density at radius 3 is 2.77 bits per heavy atom. The number of nitrogen functional groups attached to an aromatic ring is 1. The Morgan fingerprint density at radius 2 is 2.00 bits per heavy atom. The molecule has 0 aliphatic rings. The summed E-state index contributed by atoms with van der Waals surface area (Å²) in [5, 5.41) is 1.13. The van der Waals surface area contributed by atoms with Gasteiger partial charge in [-0.05, 0) is 30.7 Å². The molecule has 1 aromatic carbocycles. The largest absolute Gasteiger partial charge is 0.397 e. The minimum Gasteiger partial charge on any atom is -0.397 e. The third-order valence-corrected chi connectivity index (χ3v) is 2.38. The first-order valence-electron chi connectivity index (χ1n) is 4.06. The number of nitrogens with two attached hydrogens (primary N) is 1. The molecule has 1 aromatic heterocycles. The summed E-state index contributed by atoms with van der Waals surface area (Å²) in [6, 6.07) is 7.78. The topological polar surface area (TPSA) is 41.8 Å². The fourth-order valence-electron chi connectivity index (χ4n) is 1.42. The average molecular weight is 190 g/mol. The maximum absolute atomic E-state index is 5.82. The van der Waals surface area contributed by atoms with E-state index in [0.29, 0.717) is 4.64 Å². The van der Waals surface area contributed by atoms with Crippen LogP contribution in [0.25, 0.3) is 10.9 Å². The molecule has 0 saturated carbocycles. The number of hydrogen-bond acceptors (Lipinski definition) is 2. The molecule has 3 N–H and O–H groups in total. The van der Waals surface area contributed by atoms with Gasteiger partial charge in [0.1, 0.15) is 4.64 Å². The zero-order valence-electron chi connectivity index (χ0n) is 7.29. The van der Waals surface area contributed by atoms with Crippen molar-refractivity contribution in [3.63, 3.8) is 0 Å². The van der Waals surface area contributed by atoms with E-state index in [4.69, 9.17) is 18.0 Å². The van der Waals surface area contributed by atoms with Gasteiger partial charge in [-0.25, -0.2) is 0 Å². The van der Waals surface area contributed by atoms with E-state index in [0.717, 1.165) is 16.6 Å². The van der Waals surface area contributed by atoms with E-state index in [1.807, 2.05) is 24.3 Å². The summed E-state index contributed by atoms with van der Waals surface area (Å²) in [6.07, 6.45) is 0. The third-order valence-electron chi connectivity index (χ3n) is 2.15. The zero-order valence-corrected chi connectivity index (χ0v) is 8.11. The molecule has 2 nitrogen and oxygen atoms in total. The smallest absolute Gasteiger partial charge is 0.103 e. The highest BCUT2D eigenvalue weighted by Gasteiger charge is 1.99. The second-order valence-corrected chi connectivity index (χ2v) is 3.52. The van der Waals surface area contributed by atoms with Crippen LogP contribution >= 0.6 is 12.2 Å². The van der Waals surface area contributed by atoms with Gasteiger partial charge in [-0.3, -0.25) is 0 Å². The molecular formula is C10H10N2S. The van der Waals surface area contributed by atoms with E-state index >= 15 is 0 Å². The van der Waals surface area contributed by atoms with E-state index < -0.39 is 0 Å². The number of hydrogen-bond donors (Lipinski definition) is 2. The predicted octanol–water partition coefficient (Wildman–Crippen LogP) is 2.79. The summed E-state index contributed by atoms with van der Waals surface area (Å²) in [7, 11) is 0. The summed E-state index contributed by atoms with van der Waals surface area (Å²) < 4.78 is 0.713. The van der Waals surface area contributed by atoms with Gasteiger partial charge >= 0.3 is 0 Å². The SMILES string of the molecule is Cc1ccc(N)c2[nH]c(=S)ccc12. The van der Waals surface area contributed by atoms with Crippen LogP contribution in [0.4, 0.5) is 5.69 Å². The Labute approximate surface area is 81.4 Å². The first-order valence-corrected chi connectivity index (χ1v) is 4.47. The molecule has 0 atom stereocenters. The first-order chi connectivity index (χ1) is 6.18. The molecule has 0 spiro atoms. The highest BCUT2D eigenvalue weighted by molar-refractivity contribution is 7.71. The third kappa shape index (κ3) is 1.31. The molecule has 0 fully saturated rings. The van der Waals surface area contributed by atoms with Gasteiger partial charge in [0, 0.05) is 5.39 Å². The minimum absolute atomic E-state index is 0.713. The van der Waals surface area contributed by atoms with Crippen LogP contribution in [0.2, 0.25) is 0 Å². The van der Waals surface area contributed by atoms with Crippen molar-refractivity contribution in [1.82, 2.24) is 4.98 Å². The number of aromatic nitrogens is 1. The number of nitrogens with one attached hydrogen (secondary N) is 1. The number of rotatable bonds is 0. The molecule has 2 aromatic rings. The lowest BCUT2D eigenvalue weighted by atomic mass is 10.1. The summed E-state index contributed by atoms with van der Waals surface area (Å²) in [6.45, 7) is 2.05. The van der Waals surface area contributed by atoms with E-state index in [2.05, 4.69) is 11.9 Å². The van der Waals surface area contributed by atoms with Gasteiger partial charge in [0.2, 0.25) is 0 Å². The standard InChI is InChI=1S/C10H10N2S/c1-6-2-4-8(11)10-7(6)3-5-9(13)12-10/h2-5H,11H2,1H3,(H,12,13). The van der Waals surface area contributed by atoms with E-state index in [1.165, 1.54) is 5.56 Å². The Morgan fingerprint density at radius 1 is 1.23 bits per heavy atom. The average Bonchev–Trinajstić information content (AvgIpc) is 2.12. The monoisotopic (exact) mass is 190 g/mol. The van der Waals surface area contributed by atoms with Gasteiger partial charge in [-0.1, -0.05) is 18.3 Å². The van der Waals surface area contributed by atoms with Gasteiger partial charge in [0.05, 0.1) is 11.2 Å². The summed E-state index contributed by atoms with van der Waals surface area (Å²) in [4.78, 5) is 3.09. The van der Waals surface area contributed by atoms with E-state index in [1.54, 1.807) is 0 Å². The Kier molecular flexibility index (Phi) is 1.81. The van der Waals surface area contributed by atoms with Crippen LogP contribution in [0.5, 0.6) is 0 Å². The summed E-state index contributed by atoms with van der Waals surface area (Å²) >= 11 is 5.03. The van der Waals surface area contributed by atoms with Crippen molar-refractivity contribution in [1.29, 1.82) is 0 Å². The van der Waals surface area contributed by atoms with Crippen molar-refractivity contribution in [3.05, 3.63) is 34.5 Å². The molecule has 0 aliphatic carbocycles. The molecule has 13 heavy (non-hydrogen) atoms. The van der Waals surface area contributed by atoms with Crippen LogP contribution in [0.1, 0.15) is 5.56 Å². The molecule has 2 rings (SSSR count). The second kappa shape index (κ2) is 2.85. The zero-order chi connectivity index (χ0) is 9.42. The normalized spacial score (nSPS) is 10.5. The number of aromatic amines is 1. The molecule has 3 heteroatoms. The number of benzene rings is 1. The lowest BCUT2D eigenvalue weighted by Crippen LogP contribution is -1.91. The van der Waals surface area contributed by atoms with E-state index in [-0.39, 0.29) is 0 Å². The fraction of sp³-hybridized carbons (Fsp3) is 0.100. The predicted molar refractivity (Wildman–Crippen MR) is 58.3 cm³/mol. The highest BCUT2D eigenvalue weighted by atomic mass is 32.1. The van der Waals surface area contributed by atoms with Gasteiger partial charge in [0.25, 0.3) is 0 Å². The number of anilines is 1.